The first kappa shape index (κ1) is 16.3. The second-order valence-electron chi connectivity index (χ2n) is 6.81. The summed E-state index contributed by atoms with van der Waals surface area (Å²) in [4.78, 5) is 26.9. The Kier molecular flexibility index (Phi) is 3.57. The van der Waals surface area contributed by atoms with E-state index in [2.05, 4.69) is 10.5 Å². The van der Waals surface area contributed by atoms with Gasteiger partial charge in [-0.25, -0.2) is 4.79 Å². The van der Waals surface area contributed by atoms with Gasteiger partial charge in [-0.05, 0) is 43.2 Å². The Balaban J connectivity index is 1.70. The monoisotopic (exact) mass is 349 g/mol. The van der Waals surface area contributed by atoms with Crippen LogP contribution < -0.4 is 5.32 Å². The van der Waals surface area contributed by atoms with Crippen LogP contribution in [0.2, 0.25) is 0 Å². The van der Waals surface area contributed by atoms with Crippen molar-refractivity contribution in [2.45, 2.75) is 32.9 Å². The molecule has 2 heterocycles. The fourth-order valence-corrected chi connectivity index (χ4v) is 3.42. The van der Waals surface area contributed by atoms with E-state index in [1.165, 1.54) is 4.90 Å². The van der Waals surface area contributed by atoms with Gasteiger partial charge in [0.25, 0.3) is 5.91 Å². The summed E-state index contributed by atoms with van der Waals surface area (Å²) in [6.07, 6.45) is 0. The number of fused-ring (bicyclic) bond motifs is 1. The van der Waals surface area contributed by atoms with Crippen molar-refractivity contribution >= 4 is 22.7 Å². The first-order chi connectivity index (χ1) is 12.4. The van der Waals surface area contributed by atoms with Gasteiger partial charge in [-0.1, -0.05) is 41.6 Å². The molecule has 1 aliphatic heterocycles. The third-order valence-electron chi connectivity index (χ3n) is 5.10. The van der Waals surface area contributed by atoms with E-state index in [1.54, 1.807) is 20.8 Å². The molecular weight excluding hydrogens is 330 g/mol. The smallest absolute Gasteiger partial charge is 0.325 e. The molecule has 1 aliphatic rings. The van der Waals surface area contributed by atoms with Gasteiger partial charge in [0.2, 0.25) is 0 Å². The number of benzene rings is 2. The molecule has 3 amide bonds. The lowest BCUT2D eigenvalue weighted by atomic mass is 9.90. The summed E-state index contributed by atoms with van der Waals surface area (Å²) in [6, 6.07) is 13.3. The Morgan fingerprint density at radius 1 is 1.12 bits per heavy atom. The molecule has 1 unspecified atom stereocenters. The number of aromatic nitrogens is 1. The molecule has 1 saturated heterocycles. The highest BCUT2D eigenvalue weighted by Gasteiger charge is 2.49. The Hall–Kier alpha value is -3.15. The molecular formula is C20H19N3O3. The van der Waals surface area contributed by atoms with Gasteiger partial charge in [-0.3, -0.25) is 9.69 Å². The molecule has 26 heavy (non-hydrogen) atoms. The van der Waals surface area contributed by atoms with Crippen LogP contribution in [0.3, 0.4) is 0 Å². The van der Waals surface area contributed by atoms with Crippen molar-refractivity contribution in [3.05, 3.63) is 65.0 Å². The van der Waals surface area contributed by atoms with Crippen LogP contribution in [0.1, 0.15) is 29.5 Å². The predicted octanol–water partition coefficient (Wildman–Crippen LogP) is 3.41. The summed E-state index contributed by atoms with van der Waals surface area (Å²) in [6.45, 7) is 5.46. The highest BCUT2D eigenvalue weighted by atomic mass is 16.5. The Morgan fingerprint density at radius 3 is 2.54 bits per heavy atom. The zero-order valence-electron chi connectivity index (χ0n) is 14.9. The van der Waals surface area contributed by atoms with Crippen molar-refractivity contribution in [1.82, 2.24) is 15.4 Å². The highest BCUT2D eigenvalue weighted by Crippen LogP contribution is 2.32. The van der Waals surface area contributed by atoms with Crippen molar-refractivity contribution < 1.29 is 14.1 Å². The molecule has 6 nitrogen and oxygen atoms in total. The lowest BCUT2D eigenvalue weighted by molar-refractivity contribution is -0.131. The van der Waals surface area contributed by atoms with Crippen LogP contribution in [0.4, 0.5) is 4.79 Å². The molecule has 4 rings (SSSR count). The van der Waals surface area contributed by atoms with Crippen LogP contribution in [-0.4, -0.2) is 22.0 Å². The molecule has 0 aliphatic carbocycles. The van der Waals surface area contributed by atoms with Gasteiger partial charge in [-0.15, -0.1) is 0 Å². The Bertz CT molecular complexity index is 1020. The van der Waals surface area contributed by atoms with Crippen LogP contribution in [0, 0.1) is 13.8 Å². The number of nitrogens with one attached hydrogen (secondary N) is 1. The molecule has 2 aromatic carbocycles. The van der Waals surface area contributed by atoms with Crippen LogP contribution in [0.15, 0.2) is 47.0 Å². The molecule has 0 radical (unpaired) electrons. The first-order valence-corrected chi connectivity index (χ1v) is 8.45. The van der Waals surface area contributed by atoms with Crippen molar-refractivity contribution in [1.29, 1.82) is 0 Å². The van der Waals surface area contributed by atoms with E-state index in [9.17, 15) is 9.59 Å². The summed E-state index contributed by atoms with van der Waals surface area (Å²) < 4.78 is 5.14. The van der Waals surface area contributed by atoms with Gasteiger partial charge in [0.05, 0.1) is 12.2 Å². The maximum absolute atomic E-state index is 13.1. The van der Waals surface area contributed by atoms with E-state index in [-0.39, 0.29) is 12.5 Å². The maximum atomic E-state index is 13.1. The first-order valence-electron chi connectivity index (χ1n) is 8.45. The minimum Gasteiger partial charge on any atom is -0.361 e. The van der Waals surface area contributed by atoms with E-state index in [4.69, 9.17) is 4.52 Å². The molecule has 6 heteroatoms. The summed E-state index contributed by atoms with van der Waals surface area (Å²) in [5.74, 6) is 0.334. The topological polar surface area (TPSA) is 75.4 Å². The number of imide groups is 1. The summed E-state index contributed by atoms with van der Waals surface area (Å²) in [7, 11) is 0. The average Bonchev–Trinajstić information content (AvgIpc) is 3.07. The molecule has 132 valence electrons. The number of carbonyl (C=O) groups is 2. The molecule has 0 bridgehead atoms. The lowest BCUT2D eigenvalue weighted by Crippen LogP contribution is -2.40. The van der Waals surface area contributed by atoms with E-state index in [1.807, 2.05) is 42.5 Å². The zero-order valence-corrected chi connectivity index (χ0v) is 14.9. The van der Waals surface area contributed by atoms with Gasteiger partial charge in [0.1, 0.15) is 11.3 Å². The summed E-state index contributed by atoms with van der Waals surface area (Å²) in [5.41, 5.74) is 1.11. The molecule has 1 N–H and O–H groups in total. The van der Waals surface area contributed by atoms with Crippen molar-refractivity contribution in [2.24, 2.45) is 0 Å². The molecule has 3 aromatic rings. The van der Waals surface area contributed by atoms with Gasteiger partial charge >= 0.3 is 6.03 Å². The molecule has 0 saturated carbocycles. The van der Waals surface area contributed by atoms with E-state index in [0.29, 0.717) is 11.5 Å². The van der Waals surface area contributed by atoms with Crippen LogP contribution >= 0.6 is 0 Å². The SMILES string of the molecule is Cc1noc(C)c1CN1C(=O)NC(C)(c2ccc3ccccc3c2)C1=O. The van der Waals surface area contributed by atoms with Crippen LogP contribution in [0.25, 0.3) is 10.8 Å². The highest BCUT2D eigenvalue weighted by molar-refractivity contribution is 6.07. The number of amides is 3. The molecule has 0 spiro atoms. The van der Waals surface area contributed by atoms with Gasteiger partial charge in [0.15, 0.2) is 0 Å². The number of aryl methyl sites for hydroxylation is 2. The second kappa shape index (κ2) is 5.69. The fraction of sp³-hybridized carbons (Fsp3) is 0.250. The average molecular weight is 349 g/mol. The van der Waals surface area contributed by atoms with E-state index < -0.39 is 11.6 Å². The fourth-order valence-electron chi connectivity index (χ4n) is 3.42. The van der Waals surface area contributed by atoms with E-state index >= 15 is 0 Å². The number of carbonyl (C=O) groups excluding carboxylic acids is 2. The van der Waals surface area contributed by atoms with Gasteiger partial charge in [-0.2, -0.15) is 0 Å². The zero-order chi connectivity index (χ0) is 18.5. The van der Waals surface area contributed by atoms with Gasteiger partial charge in [0, 0.05) is 5.56 Å². The summed E-state index contributed by atoms with van der Waals surface area (Å²) >= 11 is 0. The minimum absolute atomic E-state index is 0.148. The molecule has 1 aromatic heterocycles. The standard InChI is InChI=1S/C20H19N3O3/c1-12-17(13(2)26-22-12)11-23-18(24)20(3,21-19(23)25)16-9-8-14-6-4-5-7-15(14)10-16/h4-10H,11H2,1-3H3,(H,21,25). The number of urea groups is 1. The third-order valence-corrected chi connectivity index (χ3v) is 5.10. The summed E-state index contributed by atoms with van der Waals surface area (Å²) in [5, 5.41) is 8.85. The number of nitrogens with zero attached hydrogens (tertiary/aromatic N) is 2. The van der Waals surface area contributed by atoms with Crippen molar-refractivity contribution in [3.63, 3.8) is 0 Å². The van der Waals surface area contributed by atoms with Crippen LogP contribution in [0.5, 0.6) is 0 Å². The maximum Gasteiger partial charge on any atom is 0.325 e. The molecule has 1 atom stereocenters. The van der Waals surface area contributed by atoms with Gasteiger partial charge < -0.3 is 9.84 Å². The van der Waals surface area contributed by atoms with Crippen molar-refractivity contribution in [3.8, 4) is 0 Å². The molecule has 1 fully saturated rings. The van der Waals surface area contributed by atoms with E-state index in [0.717, 1.165) is 21.9 Å². The third kappa shape index (κ3) is 2.37. The Labute approximate surface area is 150 Å². The normalized spacial score (nSPS) is 20.0. The number of rotatable bonds is 3. The van der Waals surface area contributed by atoms with Crippen molar-refractivity contribution in [2.75, 3.05) is 0 Å². The number of hydrogen-bond donors (Lipinski definition) is 1. The number of hydrogen-bond acceptors (Lipinski definition) is 4. The van der Waals surface area contributed by atoms with Crippen LogP contribution in [-0.2, 0) is 16.9 Å². The lowest BCUT2D eigenvalue weighted by Gasteiger charge is -2.22. The second-order valence-corrected chi connectivity index (χ2v) is 6.81. The Morgan fingerprint density at radius 2 is 1.85 bits per heavy atom. The quantitative estimate of drug-likeness (QED) is 0.735. The minimum atomic E-state index is -1.10. The largest absolute Gasteiger partial charge is 0.361 e. The predicted molar refractivity (Wildman–Crippen MR) is 96.4 cm³/mol.